The van der Waals surface area contributed by atoms with E-state index in [4.69, 9.17) is 0 Å². The molecule has 0 amide bonds. The van der Waals surface area contributed by atoms with Crippen LogP contribution < -0.4 is 5.32 Å². The SMILES string of the molecule is CC(C)c1cccc(C(C)C)c1Nc1ccccc1C=NCc1ccccc1. The summed E-state index contributed by atoms with van der Waals surface area (Å²) in [4.78, 5) is 4.66. The molecule has 0 atom stereocenters. The van der Waals surface area contributed by atoms with Crippen molar-refractivity contribution in [3.63, 3.8) is 0 Å². The summed E-state index contributed by atoms with van der Waals surface area (Å²) in [5, 5.41) is 3.73. The van der Waals surface area contributed by atoms with Crippen molar-refractivity contribution in [2.75, 3.05) is 5.32 Å². The lowest BCUT2D eigenvalue weighted by atomic mass is 9.92. The number of rotatable bonds is 7. The van der Waals surface area contributed by atoms with Gasteiger partial charge in [0.05, 0.1) is 6.54 Å². The van der Waals surface area contributed by atoms with E-state index in [-0.39, 0.29) is 0 Å². The summed E-state index contributed by atoms with van der Waals surface area (Å²) < 4.78 is 0. The first-order valence-electron chi connectivity index (χ1n) is 10.1. The first-order chi connectivity index (χ1) is 13.6. The molecule has 0 aromatic heterocycles. The van der Waals surface area contributed by atoms with Crippen molar-refractivity contribution < 1.29 is 0 Å². The summed E-state index contributed by atoms with van der Waals surface area (Å²) in [5.41, 5.74) is 7.35. The lowest BCUT2D eigenvalue weighted by Gasteiger charge is -2.21. The number of para-hydroxylation sites is 2. The Morgan fingerprint density at radius 2 is 1.36 bits per heavy atom. The third-order valence-electron chi connectivity index (χ3n) is 4.94. The van der Waals surface area contributed by atoms with Gasteiger partial charge < -0.3 is 5.32 Å². The van der Waals surface area contributed by atoms with Crippen molar-refractivity contribution >= 4 is 17.6 Å². The summed E-state index contributed by atoms with van der Waals surface area (Å²) in [6, 6.07) is 25.4. The van der Waals surface area contributed by atoms with Crippen LogP contribution in [0.1, 0.15) is 61.8 Å². The quantitative estimate of drug-likeness (QED) is 0.434. The number of nitrogens with zero attached hydrogens (tertiary/aromatic N) is 1. The Labute approximate surface area is 169 Å². The normalized spacial score (nSPS) is 11.5. The molecule has 0 spiro atoms. The fraction of sp³-hybridized carbons (Fsp3) is 0.269. The molecule has 0 heterocycles. The van der Waals surface area contributed by atoms with Crippen LogP contribution in [0.25, 0.3) is 0 Å². The van der Waals surface area contributed by atoms with Crippen molar-refractivity contribution in [2.24, 2.45) is 4.99 Å². The minimum absolute atomic E-state index is 0.458. The number of nitrogens with one attached hydrogen (secondary N) is 1. The molecule has 0 unspecified atom stereocenters. The van der Waals surface area contributed by atoms with Gasteiger partial charge in [0.2, 0.25) is 0 Å². The summed E-state index contributed by atoms with van der Waals surface area (Å²) in [6.07, 6.45) is 1.97. The molecule has 144 valence electrons. The molecule has 3 aromatic rings. The highest BCUT2D eigenvalue weighted by atomic mass is 14.9. The monoisotopic (exact) mass is 370 g/mol. The van der Waals surface area contributed by atoms with Crippen molar-refractivity contribution in [1.29, 1.82) is 0 Å². The van der Waals surface area contributed by atoms with E-state index in [0.29, 0.717) is 18.4 Å². The van der Waals surface area contributed by atoms with Crippen LogP contribution in [-0.4, -0.2) is 6.21 Å². The highest BCUT2D eigenvalue weighted by molar-refractivity contribution is 5.89. The Kier molecular flexibility index (Phi) is 6.65. The predicted molar refractivity (Wildman–Crippen MR) is 122 cm³/mol. The van der Waals surface area contributed by atoms with Crippen molar-refractivity contribution in [3.8, 4) is 0 Å². The molecular formula is C26H30N2. The number of benzene rings is 3. The Balaban J connectivity index is 1.90. The Hall–Kier alpha value is -2.87. The molecule has 3 aromatic carbocycles. The highest BCUT2D eigenvalue weighted by Gasteiger charge is 2.14. The van der Waals surface area contributed by atoms with Gasteiger partial charge in [0.1, 0.15) is 0 Å². The minimum atomic E-state index is 0.458. The van der Waals surface area contributed by atoms with E-state index in [0.717, 1.165) is 11.3 Å². The summed E-state index contributed by atoms with van der Waals surface area (Å²) in [7, 11) is 0. The zero-order chi connectivity index (χ0) is 19.9. The molecule has 3 rings (SSSR count). The van der Waals surface area contributed by atoms with Gasteiger partial charge >= 0.3 is 0 Å². The second kappa shape index (κ2) is 9.36. The third kappa shape index (κ3) is 4.89. The van der Waals surface area contributed by atoms with E-state index in [9.17, 15) is 0 Å². The molecule has 2 nitrogen and oxygen atoms in total. The van der Waals surface area contributed by atoms with Crippen molar-refractivity contribution in [3.05, 3.63) is 95.1 Å². The molecule has 2 heteroatoms. The van der Waals surface area contributed by atoms with E-state index >= 15 is 0 Å². The summed E-state index contributed by atoms with van der Waals surface area (Å²) in [6.45, 7) is 9.68. The van der Waals surface area contributed by atoms with Crippen LogP contribution in [0, 0.1) is 0 Å². The van der Waals surface area contributed by atoms with Crippen LogP contribution >= 0.6 is 0 Å². The largest absolute Gasteiger partial charge is 0.355 e. The van der Waals surface area contributed by atoms with Crippen LogP contribution in [-0.2, 0) is 6.54 Å². The van der Waals surface area contributed by atoms with Gasteiger partial charge in [0.15, 0.2) is 0 Å². The Morgan fingerprint density at radius 1 is 0.750 bits per heavy atom. The van der Waals surface area contributed by atoms with E-state index in [1.807, 2.05) is 12.3 Å². The molecule has 0 aliphatic rings. The lowest BCUT2D eigenvalue weighted by Crippen LogP contribution is -2.05. The minimum Gasteiger partial charge on any atom is -0.355 e. The van der Waals surface area contributed by atoms with Crippen LogP contribution in [0.5, 0.6) is 0 Å². The molecule has 0 fully saturated rings. The predicted octanol–water partition coefficient (Wildman–Crippen LogP) is 7.30. The molecule has 0 bridgehead atoms. The van der Waals surface area contributed by atoms with Crippen LogP contribution in [0.2, 0.25) is 0 Å². The number of anilines is 2. The maximum atomic E-state index is 4.66. The fourth-order valence-electron chi connectivity index (χ4n) is 3.39. The smallest absolute Gasteiger partial charge is 0.0639 e. The molecule has 1 N–H and O–H groups in total. The molecular weight excluding hydrogens is 340 g/mol. The van der Waals surface area contributed by atoms with Gasteiger partial charge in [-0.3, -0.25) is 4.99 Å². The van der Waals surface area contributed by atoms with Crippen molar-refractivity contribution in [2.45, 2.75) is 46.1 Å². The number of aliphatic imine (C=N–C) groups is 1. The van der Waals surface area contributed by atoms with Crippen LogP contribution in [0.15, 0.2) is 77.8 Å². The molecule has 0 aliphatic heterocycles. The first-order valence-corrected chi connectivity index (χ1v) is 10.1. The van der Waals surface area contributed by atoms with E-state index in [1.54, 1.807) is 0 Å². The summed E-state index contributed by atoms with van der Waals surface area (Å²) in [5.74, 6) is 0.917. The molecule has 0 aliphatic carbocycles. The highest BCUT2D eigenvalue weighted by Crippen LogP contribution is 2.35. The van der Waals surface area contributed by atoms with E-state index in [1.165, 1.54) is 22.4 Å². The Bertz CT molecular complexity index is 898. The van der Waals surface area contributed by atoms with Gasteiger partial charge in [0.25, 0.3) is 0 Å². The number of hydrogen-bond donors (Lipinski definition) is 1. The van der Waals surface area contributed by atoms with Gasteiger partial charge in [-0.25, -0.2) is 0 Å². The standard InChI is InChI=1S/C26H30N2/c1-19(2)23-14-10-15-24(20(3)4)26(23)28-25-16-9-8-13-22(25)18-27-17-21-11-6-5-7-12-21/h5-16,18-20,28H,17H2,1-4H3. The van der Waals surface area contributed by atoms with Gasteiger partial charge in [-0.1, -0.05) is 94.4 Å². The molecule has 28 heavy (non-hydrogen) atoms. The van der Waals surface area contributed by atoms with E-state index < -0.39 is 0 Å². The van der Waals surface area contributed by atoms with Crippen LogP contribution in [0.4, 0.5) is 11.4 Å². The molecule has 0 saturated carbocycles. The molecule has 0 radical (unpaired) electrons. The van der Waals surface area contributed by atoms with E-state index in [2.05, 4.69) is 105 Å². The average molecular weight is 371 g/mol. The van der Waals surface area contributed by atoms with Gasteiger partial charge in [-0.05, 0) is 34.6 Å². The average Bonchev–Trinajstić information content (AvgIpc) is 2.70. The van der Waals surface area contributed by atoms with Gasteiger partial charge in [-0.2, -0.15) is 0 Å². The zero-order valence-electron chi connectivity index (χ0n) is 17.3. The van der Waals surface area contributed by atoms with Crippen molar-refractivity contribution in [1.82, 2.24) is 0 Å². The topological polar surface area (TPSA) is 24.4 Å². The molecule has 0 saturated heterocycles. The zero-order valence-corrected chi connectivity index (χ0v) is 17.3. The summed E-state index contributed by atoms with van der Waals surface area (Å²) >= 11 is 0. The number of hydrogen-bond acceptors (Lipinski definition) is 2. The maximum Gasteiger partial charge on any atom is 0.0639 e. The van der Waals surface area contributed by atoms with Gasteiger partial charge in [0, 0.05) is 23.2 Å². The second-order valence-electron chi connectivity index (χ2n) is 7.79. The third-order valence-corrected chi connectivity index (χ3v) is 4.94. The van der Waals surface area contributed by atoms with Crippen LogP contribution in [0.3, 0.4) is 0 Å². The Morgan fingerprint density at radius 3 is 2.00 bits per heavy atom. The lowest BCUT2D eigenvalue weighted by molar-refractivity contribution is 0.838. The van der Waals surface area contributed by atoms with Gasteiger partial charge in [-0.15, -0.1) is 0 Å². The first kappa shape index (κ1) is 19.9. The fourth-order valence-corrected chi connectivity index (χ4v) is 3.39. The maximum absolute atomic E-state index is 4.66. The second-order valence-corrected chi connectivity index (χ2v) is 7.79.